The number of hydrogen-bond acceptors (Lipinski definition) is 5. The second-order valence-electron chi connectivity index (χ2n) is 4.20. The van der Waals surface area contributed by atoms with Crippen LogP contribution in [-0.4, -0.2) is 19.0 Å². The van der Waals surface area contributed by atoms with E-state index in [-0.39, 0.29) is 12.5 Å². The molecule has 1 heterocycles. The number of rotatable bonds is 3. The van der Waals surface area contributed by atoms with Crippen LogP contribution in [0.4, 0.5) is 4.79 Å². The zero-order valence-corrected chi connectivity index (χ0v) is 12.8. The summed E-state index contributed by atoms with van der Waals surface area (Å²) in [5.74, 6) is 0.174. The number of benzene rings is 1. The van der Waals surface area contributed by atoms with Gasteiger partial charge in [-0.05, 0) is 31.2 Å². The van der Waals surface area contributed by atoms with Crippen LogP contribution in [-0.2, 0) is 9.47 Å². The molecule has 0 amide bonds. The van der Waals surface area contributed by atoms with Gasteiger partial charge in [-0.3, -0.25) is 4.85 Å². The maximum absolute atomic E-state index is 11.4. The van der Waals surface area contributed by atoms with Crippen molar-refractivity contribution in [3.8, 4) is 5.75 Å². The molecule has 1 aliphatic heterocycles. The fourth-order valence-corrected chi connectivity index (χ4v) is 2.35. The Kier molecular flexibility index (Phi) is 4.70. The van der Waals surface area contributed by atoms with E-state index in [1.165, 1.54) is 0 Å². The molecule has 1 aromatic carbocycles. The molecule has 0 radical (unpaired) electrons. The molecule has 0 aliphatic carbocycles. The number of halogens is 1. The van der Waals surface area contributed by atoms with Gasteiger partial charge >= 0.3 is 12.4 Å². The van der Waals surface area contributed by atoms with Crippen LogP contribution in [0.2, 0.25) is 0 Å². The first-order valence-corrected chi connectivity index (χ1v) is 6.99. The Morgan fingerprint density at radius 1 is 1.62 bits per heavy atom. The third kappa shape index (κ3) is 3.47. The van der Waals surface area contributed by atoms with Crippen LogP contribution in [0.1, 0.15) is 18.4 Å². The third-order valence-corrected chi connectivity index (χ3v) is 3.31. The quantitative estimate of drug-likeness (QED) is 0.667. The lowest BCUT2D eigenvalue weighted by molar-refractivity contribution is 0.0350. The van der Waals surface area contributed by atoms with E-state index < -0.39 is 18.3 Å². The molecule has 2 rings (SSSR count). The first kappa shape index (κ1) is 15.2. The Labute approximate surface area is 130 Å². The Morgan fingerprint density at radius 2 is 2.38 bits per heavy atom. The molecular weight excluding hydrogens is 340 g/mol. The molecular formula is C14H13BrN2O4. The van der Waals surface area contributed by atoms with Gasteiger partial charge in [0.25, 0.3) is 0 Å². The zero-order valence-electron chi connectivity index (χ0n) is 11.2. The molecule has 0 saturated heterocycles. The van der Waals surface area contributed by atoms with Gasteiger partial charge in [-0.2, -0.15) is 0 Å². The van der Waals surface area contributed by atoms with Crippen molar-refractivity contribution in [1.29, 1.82) is 0 Å². The number of ether oxygens (including phenoxy) is 3. The molecule has 110 valence electrons. The van der Waals surface area contributed by atoms with E-state index in [1.54, 1.807) is 31.2 Å². The number of carbonyl (C=O) groups is 1. The first-order valence-electron chi connectivity index (χ1n) is 6.19. The predicted octanol–water partition coefficient (Wildman–Crippen LogP) is 3.14. The molecule has 2 unspecified atom stereocenters. The molecule has 7 heteroatoms. The van der Waals surface area contributed by atoms with Gasteiger partial charge in [0.2, 0.25) is 0 Å². The molecule has 0 aromatic heterocycles. The van der Waals surface area contributed by atoms with E-state index in [0.717, 1.165) is 4.47 Å². The number of carbonyl (C=O) groups excluding carboxylic acids is 1. The van der Waals surface area contributed by atoms with Gasteiger partial charge in [-0.25, -0.2) is 11.4 Å². The van der Waals surface area contributed by atoms with Crippen molar-refractivity contribution in [3.63, 3.8) is 0 Å². The summed E-state index contributed by atoms with van der Waals surface area (Å²) >= 11 is 3.36. The molecule has 2 atom stereocenters. The van der Waals surface area contributed by atoms with Crippen LogP contribution in [0, 0.1) is 6.57 Å². The lowest BCUT2D eigenvalue weighted by Crippen LogP contribution is -2.26. The number of fused-ring (bicyclic) bond motifs is 1. The summed E-state index contributed by atoms with van der Waals surface area (Å²) in [6.45, 7) is 9.09. The van der Waals surface area contributed by atoms with E-state index in [9.17, 15) is 4.79 Å². The van der Waals surface area contributed by atoms with Crippen molar-refractivity contribution >= 4 is 22.1 Å². The van der Waals surface area contributed by atoms with Crippen molar-refractivity contribution in [3.05, 3.63) is 51.6 Å². The minimum absolute atomic E-state index is 0.163. The maximum atomic E-state index is 11.4. The summed E-state index contributed by atoms with van der Waals surface area (Å²) in [5.41, 5.74) is 6.42. The lowest BCUT2D eigenvalue weighted by atomic mass is 9.94. The van der Waals surface area contributed by atoms with Crippen molar-refractivity contribution < 1.29 is 19.0 Å². The molecule has 0 bridgehead atoms. The highest BCUT2D eigenvalue weighted by atomic mass is 79.9. The van der Waals surface area contributed by atoms with Gasteiger partial charge in [0.15, 0.2) is 5.88 Å². The molecule has 6 nitrogen and oxygen atoms in total. The van der Waals surface area contributed by atoms with Gasteiger partial charge in [0, 0.05) is 10.0 Å². The minimum atomic E-state index is -1.07. The van der Waals surface area contributed by atoms with Crippen molar-refractivity contribution in [2.24, 2.45) is 5.73 Å². The standard InChI is InChI=1S/C14H13BrN2O4/c1-3-19-14(18)21-13(17-2)10-7-12(16)20-11-5-4-8(15)6-9(10)11/h4-7,10,13H,3,16H2,1H3. The average molecular weight is 353 g/mol. The Hall–Kier alpha value is -2.20. The second kappa shape index (κ2) is 6.50. The van der Waals surface area contributed by atoms with Crippen LogP contribution in [0.5, 0.6) is 5.75 Å². The van der Waals surface area contributed by atoms with Crippen LogP contribution in [0.3, 0.4) is 0 Å². The van der Waals surface area contributed by atoms with Crippen molar-refractivity contribution in [1.82, 2.24) is 0 Å². The fourth-order valence-electron chi connectivity index (χ4n) is 1.97. The molecule has 21 heavy (non-hydrogen) atoms. The second-order valence-corrected chi connectivity index (χ2v) is 5.12. The topological polar surface area (TPSA) is 75.1 Å². The number of hydrogen-bond donors (Lipinski definition) is 1. The summed E-state index contributed by atoms with van der Waals surface area (Å²) in [4.78, 5) is 14.8. The Balaban J connectivity index is 2.32. The molecule has 2 N–H and O–H groups in total. The Morgan fingerprint density at radius 3 is 3.05 bits per heavy atom. The smallest absolute Gasteiger partial charge is 0.442 e. The molecule has 1 aromatic rings. The fraction of sp³-hybridized carbons (Fsp3) is 0.286. The summed E-state index contributed by atoms with van der Waals surface area (Å²) in [7, 11) is 0. The van der Waals surface area contributed by atoms with Crippen LogP contribution in [0.25, 0.3) is 4.85 Å². The van der Waals surface area contributed by atoms with Crippen LogP contribution >= 0.6 is 15.9 Å². The highest BCUT2D eigenvalue weighted by molar-refractivity contribution is 9.10. The third-order valence-electron chi connectivity index (χ3n) is 2.82. The van der Waals surface area contributed by atoms with Crippen LogP contribution in [0.15, 0.2) is 34.6 Å². The summed E-state index contributed by atoms with van der Waals surface area (Å²) in [5, 5.41) is 0. The van der Waals surface area contributed by atoms with E-state index in [2.05, 4.69) is 20.8 Å². The van der Waals surface area contributed by atoms with Gasteiger partial charge in [0.05, 0.1) is 6.61 Å². The molecule has 0 saturated carbocycles. The predicted molar refractivity (Wildman–Crippen MR) is 78.3 cm³/mol. The van der Waals surface area contributed by atoms with Gasteiger partial charge in [-0.1, -0.05) is 15.9 Å². The first-order chi connectivity index (χ1) is 10.0. The highest BCUT2D eigenvalue weighted by Gasteiger charge is 2.36. The van der Waals surface area contributed by atoms with E-state index in [1.807, 2.05) is 0 Å². The van der Waals surface area contributed by atoms with Crippen LogP contribution < -0.4 is 10.5 Å². The van der Waals surface area contributed by atoms with E-state index in [0.29, 0.717) is 11.3 Å². The summed E-state index contributed by atoms with van der Waals surface area (Å²) in [6.07, 6.45) is -0.399. The molecule has 0 spiro atoms. The average Bonchev–Trinajstić information content (AvgIpc) is 2.45. The molecule has 1 aliphatic rings. The zero-order chi connectivity index (χ0) is 15.4. The number of nitrogens with zero attached hydrogens (tertiary/aromatic N) is 1. The maximum Gasteiger partial charge on any atom is 0.514 e. The minimum Gasteiger partial charge on any atom is -0.442 e. The summed E-state index contributed by atoms with van der Waals surface area (Å²) in [6, 6.07) is 5.33. The SMILES string of the molecule is [C-]#[N+]C(OC(=O)OCC)C1C=C(N)Oc2ccc(Br)cc21. The normalized spacial score (nSPS) is 17.6. The monoisotopic (exact) mass is 352 g/mol. The van der Waals surface area contributed by atoms with Crippen molar-refractivity contribution in [2.75, 3.05) is 6.61 Å². The largest absolute Gasteiger partial charge is 0.514 e. The highest BCUT2D eigenvalue weighted by Crippen LogP contribution is 2.38. The number of nitrogens with two attached hydrogens (primary N) is 1. The van der Waals surface area contributed by atoms with E-state index >= 15 is 0 Å². The lowest BCUT2D eigenvalue weighted by Gasteiger charge is -2.23. The summed E-state index contributed by atoms with van der Waals surface area (Å²) < 4.78 is 16.0. The van der Waals surface area contributed by atoms with Gasteiger partial charge in [-0.15, -0.1) is 0 Å². The van der Waals surface area contributed by atoms with Gasteiger partial charge in [0.1, 0.15) is 11.7 Å². The molecule has 0 fully saturated rings. The van der Waals surface area contributed by atoms with E-state index in [4.69, 9.17) is 26.5 Å². The van der Waals surface area contributed by atoms with Crippen molar-refractivity contribution in [2.45, 2.75) is 19.1 Å². The Bertz CT molecular complexity index is 624. The van der Waals surface area contributed by atoms with Gasteiger partial charge < -0.3 is 19.9 Å².